The number of hydrogen-bond donors (Lipinski definition) is 0. The second kappa shape index (κ2) is 6.56. The Morgan fingerprint density at radius 2 is 0.958 bits per heavy atom. The highest BCUT2D eigenvalue weighted by atomic mass is 32.1. The molecule has 4 heteroatoms. The molecule has 0 N–H and O–H groups in total. The van der Waals surface area contributed by atoms with Crippen molar-refractivity contribution in [2.45, 2.75) is 52.4 Å². The average Bonchev–Trinajstić information content (AvgIpc) is 3.16. The molecule has 4 heterocycles. The van der Waals surface area contributed by atoms with Crippen molar-refractivity contribution in [3.05, 3.63) is 43.4 Å². The van der Waals surface area contributed by atoms with Crippen LogP contribution in [0.4, 0.5) is 0 Å². The second-order valence-electron chi connectivity index (χ2n) is 8.10. The molecular formula is C20H24S4. The molecule has 0 fully saturated rings. The Bertz CT molecular complexity index is 796. The lowest BCUT2D eigenvalue weighted by Gasteiger charge is -2.14. The first-order valence-corrected chi connectivity index (χ1v) is 11.6. The van der Waals surface area contributed by atoms with E-state index in [-0.39, 0.29) is 0 Å². The van der Waals surface area contributed by atoms with Crippen LogP contribution in [0.3, 0.4) is 0 Å². The van der Waals surface area contributed by atoms with Gasteiger partial charge in [0.2, 0.25) is 0 Å². The van der Waals surface area contributed by atoms with Gasteiger partial charge < -0.3 is 0 Å². The van der Waals surface area contributed by atoms with Crippen molar-refractivity contribution in [2.75, 3.05) is 0 Å². The molecule has 128 valence electrons. The Morgan fingerprint density at radius 3 is 1.25 bits per heavy atom. The normalized spacial score (nSPS) is 12.6. The van der Waals surface area contributed by atoms with Crippen LogP contribution in [0, 0.1) is 0 Å². The first-order chi connectivity index (χ1) is 11.1. The van der Waals surface area contributed by atoms with E-state index in [1.807, 2.05) is 22.7 Å². The lowest BCUT2D eigenvalue weighted by Crippen LogP contribution is -2.07. The Labute approximate surface area is 160 Å². The molecule has 0 aliphatic rings. The Kier molecular flexibility index (Phi) is 4.95. The lowest BCUT2D eigenvalue weighted by atomic mass is 9.94. The van der Waals surface area contributed by atoms with E-state index in [0.717, 1.165) is 0 Å². The van der Waals surface area contributed by atoms with Crippen molar-refractivity contribution < 1.29 is 0 Å². The molecule has 4 rings (SSSR count). The molecule has 24 heavy (non-hydrogen) atoms. The van der Waals surface area contributed by atoms with Gasteiger partial charge in [-0.2, -0.15) is 22.7 Å². The van der Waals surface area contributed by atoms with E-state index in [1.165, 1.54) is 29.9 Å². The van der Waals surface area contributed by atoms with E-state index in [2.05, 4.69) is 75.2 Å². The minimum absolute atomic E-state index is 0.307. The van der Waals surface area contributed by atoms with Crippen molar-refractivity contribution >= 4 is 65.5 Å². The molecule has 0 unspecified atom stereocenters. The minimum atomic E-state index is 0.307. The fraction of sp³-hybridized carbons (Fsp3) is 0.400. The third kappa shape index (κ3) is 3.93. The maximum atomic E-state index is 2.32. The smallest absolute Gasteiger partial charge is 0.0452 e. The summed E-state index contributed by atoms with van der Waals surface area (Å²) in [6, 6.07) is 4.63. The van der Waals surface area contributed by atoms with E-state index in [0.29, 0.717) is 10.8 Å². The van der Waals surface area contributed by atoms with Gasteiger partial charge in [0, 0.05) is 40.7 Å². The van der Waals surface area contributed by atoms with Gasteiger partial charge in [-0.3, -0.25) is 0 Å². The van der Waals surface area contributed by atoms with Gasteiger partial charge in [0.05, 0.1) is 0 Å². The average molecular weight is 393 g/mol. The highest BCUT2D eigenvalue weighted by Crippen LogP contribution is 2.36. The van der Waals surface area contributed by atoms with Crippen LogP contribution >= 0.6 is 45.3 Å². The largest absolute Gasteiger partial charge is 0.150 e. The zero-order valence-corrected chi connectivity index (χ0v) is 18.4. The first kappa shape index (κ1) is 18.1. The van der Waals surface area contributed by atoms with Crippen LogP contribution < -0.4 is 0 Å². The predicted octanol–water partition coefficient (Wildman–Crippen LogP) is 8.52. The zero-order chi connectivity index (χ0) is 17.5. The molecule has 0 radical (unpaired) electrons. The van der Waals surface area contributed by atoms with Crippen LogP contribution in [0.1, 0.15) is 51.3 Å². The van der Waals surface area contributed by atoms with Gasteiger partial charge in [0.25, 0.3) is 0 Å². The van der Waals surface area contributed by atoms with Crippen molar-refractivity contribution in [2.24, 2.45) is 0 Å². The summed E-state index contributed by atoms with van der Waals surface area (Å²) in [5.41, 5.74) is 0.614. The van der Waals surface area contributed by atoms with Crippen molar-refractivity contribution in [3.63, 3.8) is 0 Å². The summed E-state index contributed by atoms with van der Waals surface area (Å²) in [4.78, 5) is 2.97. The monoisotopic (exact) mass is 392 g/mol. The summed E-state index contributed by atoms with van der Waals surface area (Å²) in [5.74, 6) is 0. The fourth-order valence-electron chi connectivity index (χ4n) is 2.28. The first-order valence-electron chi connectivity index (χ1n) is 8.07. The van der Waals surface area contributed by atoms with Crippen LogP contribution in [0.15, 0.2) is 33.7 Å². The van der Waals surface area contributed by atoms with Gasteiger partial charge in [-0.05, 0) is 33.7 Å². The Balaban J connectivity index is 0.000000141. The molecular weight excluding hydrogens is 368 g/mol. The summed E-state index contributed by atoms with van der Waals surface area (Å²) in [5, 5.41) is 11.7. The SMILES string of the molecule is CC(C)(C)c1cc2cscc2s1.CC(C)(C)c1cc2cscc2s1. The van der Waals surface area contributed by atoms with Crippen LogP contribution in [-0.4, -0.2) is 0 Å². The van der Waals surface area contributed by atoms with Gasteiger partial charge in [-0.1, -0.05) is 41.5 Å². The molecule has 0 spiro atoms. The summed E-state index contributed by atoms with van der Waals surface area (Å²) in [7, 11) is 0. The van der Waals surface area contributed by atoms with Gasteiger partial charge >= 0.3 is 0 Å². The number of thiophene rings is 4. The lowest BCUT2D eigenvalue weighted by molar-refractivity contribution is 0.604. The minimum Gasteiger partial charge on any atom is -0.150 e. The van der Waals surface area contributed by atoms with Crippen LogP contribution in [0.5, 0.6) is 0 Å². The molecule has 0 aliphatic carbocycles. The van der Waals surface area contributed by atoms with Crippen molar-refractivity contribution in [3.8, 4) is 0 Å². The van der Waals surface area contributed by atoms with Crippen molar-refractivity contribution in [1.29, 1.82) is 0 Å². The zero-order valence-electron chi connectivity index (χ0n) is 15.1. The Morgan fingerprint density at radius 1 is 0.583 bits per heavy atom. The second-order valence-corrected chi connectivity index (χ2v) is 11.8. The van der Waals surface area contributed by atoms with E-state index in [9.17, 15) is 0 Å². The van der Waals surface area contributed by atoms with Gasteiger partial charge in [-0.15, -0.1) is 22.7 Å². The van der Waals surface area contributed by atoms with Crippen LogP contribution in [0.25, 0.3) is 20.2 Å². The standard InChI is InChI=1S/2C10H12S2/c2*1-10(2,3)9-4-7-5-11-6-8(7)12-9/h2*4-6H,1-3H3. The topological polar surface area (TPSA) is 0 Å². The molecule has 0 atom stereocenters. The summed E-state index contributed by atoms with van der Waals surface area (Å²) in [6.07, 6.45) is 0. The number of fused-ring (bicyclic) bond motifs is 2. The van der Waals surface area contributed by atoms with Gasteiger partial charge in [0.15, 0.2) is 0 Å². The molecule has 0 saturated heterocycles. The molecule has 0 bridgehead atoms. The molecule has 4 aromatic rings. The van der Waals surface area contributed by atoms with Gasteiger partial charge in [-0.25, -0.2) is 0 Å². The van der Waals surface area contributed by atoms with E-state index < -0.39 is 0 Å². The molecule has 0 aromatic carbocycles. The number of hydrogen-bond acceptors (Lipinski definition) is 4. The van der Waals surface area contributed by atoms with Crippen LogP contribution in [-0.2, 0) is 10.8 Å². The molecule has 0 amide bonds. The molecule has 4 aromatic heterocycles. The molecule has 0 saturated carbocycles. The van der Waals surface area contributed by atoms with E-state index >= 15 is 0 Å². The summed E-state index contributed by atoms with van der Waals surface area (Å²) < 4.78 is 2.87. The van der Waals surface area contributed by atoms with Crippen LogP contribution in [0.2, 0.25) is 0 Å². The summed E-state index contributed by atoms with van der Waals surface area (Å²) in [6.45, 7) is 13.6. The third-order valence-corrected chi connectivity index (χ3v) is 8.67. The van der Waals surface area contributed by atoms with Gasteiger partial charge in [0.1, 0.15) is 0 Å². The highest BCUT2D eigenvalue weighted by molar-refractivity contribution is 7.23. The predicted molar refractivity (Wildman–Crippen MR) is 117 cm³/mol. The number of rotatable bonds is 0. The fourth-order valence-corrected chi connectivity index (χ4v) is 6.42. The van der Waals surface area contributed by atoms with E-state index in [4.69, 9.17) is 0 Å². The maximum absolute atomic E-state index is 2.32. The highest BCUT2D eigenvalue weighted by Gasteiger charge is 2.17. The maximum Gasteiger partial charge on any atom is 0.0452 e. The quantitative estimate of drug-likeness (QED) is 0.281. The molecule has 0 aliphatic heterocycles. The third-order valence-electron chi connectivity index (χ3n) is 3.80. The Hall–Kier alpha value is -0.680. The van der Waals surface area contributed by atoms with Crippen molar-refractivity contribution in [1.82, 2.24) is 0 Å². The summed E-state index contributed by atoms with van der Waals surface area (Å²) >= 11 is 7.42. The molecule has 0 nitrogen and oxygen atoms in total. The van der Waals surface area contributed by atoms with E-state index in [1.54, 1.807) is 22.7 Å².